The molecule has 20 heavy (non-hydrogen) atoms. The highest BCUT2D eigenvalue weighted by molar-refractivity contribution is 5.55. The normalized spacial score (nSPS) is 18.1. The van der Waals surface area contributed by atoms with Gasteiger partial charge in [0.15, 0.2) is 0 Å². The summed E-state index contributed by atoms with van der Waals surface area (Å²) in [5, 5.41) is 13.3. The Bertz CT molecular complexity index is 571. The highest BCUT2D eigenvalue weighted by Crippen LogP contribution is 2.29. The van der Waals surface area contributed by atoms with Crippen molar-refractivity contribution in [3.05, 3.63) is 30.2 Å². The summed E-state index contributed by atoms with van der Waals surface area (Å²) in [7, 11) is 0. The van der Waals surface area contributed by atoms with E-state index in [9.17, 15) is 5.11 Å². The molecule has 0 unspecified atom stereocenters. The van der Waals surface area contributed by atoms with Crippen molar-refractivity contribution < 1.29 is 9.63 Å². The average Bonchev–Trinajstić information content (AvgIpc) is 2.88. The first-order valence-electron chi connectivity index (χ1n) is 7.06. The zero-order valence-electron chi connectivity index (χ0n) is 11.4. The monoisotopic (exact) mass is 273 g/mol. The van der Waals surface area contributed by atoms with Gasteiger partial charge in [-0.2, -0.15) is 4.98 Å². The number of rotatable bonds is 3. The Morgan fingerprint density at radius 2 is 1.85 bits per heavy atom. The molecule has 0 saturated heterocycles. The van der Waals surface area contributed by atoms with Crippen molar-refractivity contribution in [2.45, 2.75) is 44.1 Å². The third-order valence-electron chi connectivity index (χ3n) is 3.95. The Hall–Kier alpha value is -1.88. The second kappa shape index (κ2) is 5.25. The molecule has 1 aromatic carbocycles. The number of aromatic hydroxyl groups is 1. The summed E-state index contributed by atoms with van der Waals surface area (Å²) in [6.45, 7) is 0. The van der Waals surface area contributed by atoms with Crippen LogP contribution in [0, 0.1) is 0 Å². The molecule has 0 atom stereocenters. The first kappa shape index (κ1) is 13.1. The molecule has 0 spiro atoms. The van der Waals surface area contributed by atoms with Gasteiger partial charge < -0.3 is 15.4 Å². The zero-order chi connectivity index (χ0) is 14.0. The Balaban J connectivity index is 1.75. The van der Waals surface area contributed by atoms with E-state index in [1.165, 1.54) is 19.3 Å². The molecular formula is C15H19N3O2. The predicted octanol–water partition coefficient (Wildman–Crippen LogP) is 2.65. The summed E-state index contributed by atoms with van der Waals surface area (Å²) < 4.78 is 5.31. The predicted molar refractivity (Wildman–Crippen MR) is 75.1 cm³/mol. The zero-order valence-corrected chi connectivity index (χ0v) is 11.4. The third kappa shape index (κ3) is 2.82. The lowest BCUT2D eigenvalue weighted by atomic mass is 9.80. The van der Waals surface area contributed by atoms with Gasteiger partial charge in [0.25, 0.3) is 0 Å². The van der Waals surface area contributed by atoms with Crippen LogP contribution in [0.5, 0.6) is 5.75 Å². The maximum absolute atomic E-state index is 9.28. The Morgan fingerprint density at radius 1 is 1.15 bits per heavy atom. The fourth-order valence-electron chi connectivity index (χ4n) is 2.79. The molecule has 0 radical (unpaired) electrons. The lowest BCUT2D eigenvalue weighted by Crippen LogP contribution is -2.43. The van der Waals surface area contributed by atoms with E-state index in [0.717, 1.165) is 18.4 Å². The van der Waals surface area contributed by atoms with Crippen LogP contribution < -0.4 is 5.73 Å². The molecule has 5 nitrogen and oxygen atoms in total. The first-order chi connectivity index (χ1) is 9.65. The lowest BCUT2D eigenvalue weighted by Gasteiger charge is -2.31. The van der Waals surface area contributed by atoms with E-state index >= 15 is 0 Å². The van der Waals surface area contributed by atoms with Crippen molar-refractivity contribution in [3.8, 4) is 17.1 Å². The fraction of sp³-hybridized carbons (Fsp3) is 0.467. The largest absolute Gasteiger partial charge is 0.508 e. The van der Waals surface area contributed by atoms with Gasteiger partial charge in [0, 0.05) is 17.5 Å². The highest BCUT2D eigenvalue weighted by atomic mass is 16.5. The molecule has 1 aromatic heterocycles. The Labute approximate surface area is 117 Å². The van der Waals surface area contributed by atoms with Crippen LogP contribution in [0.1, 0.15) is 38.0 Å². The van der Waals surface area contributed by atoms with E-state index in [2.05, 4.69) is 10.1 Å². The van der Waals surface area contributed by atoms with Crippen LogP contribution >= 0.6 is 0 Å². The molecule has 0 aliphatic heterocycles. The van der Waals surface area contributed by atoms with Gasteiger partial charge in [0.05, 0.1) is 0 Å². The SMILES string of the molecule is NC1(Cc2nc(-c3ccc(O)cc3)no2)CCCCC1. The molecule has 5 heteroatoms. The second-order valence-electron chi connectivity index (χ2n) is 5.66. The molecule has 1 heterocycles. The Morgan fingerprint density at radius 3 is 2.55 bits per heavy atom. The van der Waals surface area contributed by atoms with Crippen LogP contribution in [0.15, 0.2) is 28.8 Å². The van der Waals surface area contributed by atoms with Gasteiger partial charge in [0.2, 0.25) is 11.7 Å². The number of hydrogen-bond donors (Lipinski definition) is 2. The molecule has 0 bridgehead atoms. The number of aromatic nitrogens is 2. The van der Waals surface area contributed by atoms with Crippen molar-refractivity contribution in [3.63, 3.8) is 0 Å². The number of phenols is 1. The summed E-state index contributed by atoms with van der Waals surface area (Å²) >= 11 is 0. The number of benzene rings is 1. The van der Waals surface area contributed by atoms with Gasteiger partial charge in [-0.3, -0.25) is 0 Å². The fourth-order valence-corrected chi connectivity index (χ4v) is 2.79. The van der Waals surface area contributed by atoms with Crippen LogP contribution in [-0.2, 0) is 6.42 Å². The van der Waals surface area contributed by atoms with Crippen molar-refractivity contribution in [2.75, 3.05) is 0 Å². The highest BCUT2D eigenvalue weighted by Gasteiger charge is 2.30. The molecule has 0 amide bonds. The van der Waals surface area contributed by atoms with Gasteiger partial charge in [-0.25, -0.2) is 0 Å². The minimum Gasteiger partial charge on any atom is -0.508 e. The van der Waals surface area contributed by atoms with E-state index in [1.807, 2.05) is 0 Å². The van der Waals surface area contributed by atoms with Crippen molar-refractivity contribution in [1.29, 1.82) is 0 Å². The van der Waals surface area contributed by atoms with E-state index in [1.54, 1.807) is 24.3 Å². The smallest absolute Gasteiger partial charge is 0.228 e. The number of phenolic OH excluding ortho intramolecular Hbond substituents is 1. The molecule has 1 aliphatic rings. The minimum atomic E-state index is -0.197. The lowest BCUT2D eigenvalue weighted by molar-refractivity contribution is 0.261. The summed E-state index contributed by atoms with van der Waals surface area (Å²) in [5.41, 5.74) is 7.03. The van der Waals surface area contributed by atoms with Crippen LogP contribution in [0.25, 0.3) is 11.4 Å². The third-order valence-corrected chi connectivity index (χ3v) is 3.95. The molecule has 1 fully saturated rings. The summed E-state index contributed by atoms with van der Waals surface area (Å²) in [4.78, 5) is 4.41. The van der Waals surface area contributed by atoms with Gasteiger partial charge in [-0.15, -0.1) is 0 Å². The molecule has 1 aliphatic carbocycles. The van der Waals surface area contributed by atoms with E-state index in [-0.39, 0.29) is 11.3 Å². The van der Waals surface area contributed by atoms with E-state index in [0.29, 0.717) is 18.1 Å². The minimum absolute atomic E-state index is 0.197. The number of nitrogens with two attached hydrogens (primary N) is 1. The van der Waals surface area contributed by atoms with Crippen molar-refractivity contribution >= 4 is 0 Å². The number of nitrogens with zero attached hydrogens (tertiary/aromatic N) is 2. The van der Waals surface area contributed by atoms with Crippen molar-refractivity contribution in [1.82, 2.24) is 10.1 Å². The summed E-state index contributed by atoms with van der Waals surface area (Å²) in [6, 6.07) is 6.75. The van der Waals surface area contributed by atoms with Crippen molar-refractivity contribution in [2.24, 2.45) is 5.73 Å². The average molecular weight is 273 g/mol. The first-order valence-corrected chi connectivity index (χ1v) is 7.06. The molecular weight excluding hydrogens is 254 g/mol. The molecule has 3 rings (SSSR count). The second-order valence-corrected chi connectivity index (χ2v) is 5.66. The van der Waals surface area contributed by atoms with Gasteiger partial charge in [-0.1, -0.05) is 24.4 Å². The van der Waals surface area contributed by atoms with Crippen LogP contribution in [0.3, 0.4) is 0 Å². The van der Waals surface area contributed by atoms with Crippen LogP contribution in [0.4, 0.5) is 0 Å². The molecule has 106 valence electrons. The van der Waals surface area contributed by atoms with Gasteiger partial charge in [0.1, 0.15) is 5.75 Å². The topological polar surface area (TPSA) is 85.2 Å². The van der Waals surface area contributed by atoms with E-state index in [4.69, 9.17) is 10.3 Å². The standard InChI is InChI=1S/C15H19N3O2/c16-15(8-2-1-3-9-15)10-13-17-14(18-20-13)11-4-6-12(19)7-5-11/h4-7,19H,1-3,8-10,16H2. The summed E-state index contributed by atoms with van der Waals surface area (Å²) in [5.74, 6) is 1.36. The van der Waals surface area contributed by atoms with E-state index < -0.39 is 0 Å². The summed E-state index contributed by atoms with van der Waals surface area (Å²) in [6.07, 6.45) is 6.29. The maximum atomic E-state index is 9.28. The maximum Gasteiger partial charge on any atom is 0.228 e. The van der Waals surface area contributed by atoms with Gasteiger partial charge in [-0.05, 0) is 37.1 Å². The molecule has 2 aromatic rings. The molecule has 3 N–H and O–H groups in total. The number of hydrogen-bond acceptors (Lipinski definition) is 5. The quantitative estimate of drug-likeness (QED) is 0.898. The van der Waals surface area contributed by atoms with Crippen LogP contribution in [0.2, 0.25) is 0 Å². The Kier molecular flexibility index (Phi) is 3.44. The van der Waals surface area contributed by atoms with Gasteiger partial charge >= 0.3 is 0 Å². The molecule has 1 saturated carbocycles. The van der Waals surface area contributed by atoms with Crippen LogP contribution in [-0.4, -0.2) is 20.8 Å².